The molecule has 1 aromatic carbocycles. The highest BCUT2D eigenvalue weighted by Gasteiger charge is 2.12. The minimum atomic E-state index is 0. The number of ether oxygens (including phenoxy) is 1. The summed E-state index contributed by atoms with van der Waals surface area (Å²) in [6.07, 6.45) is 10.5. The van der Waals surface area contributed by atoms with Crippen molar-refractivity contribution in [3.8, 4) is 5.75 Å². The minimum absolute atomic E-state index is 0. The van der Waals surface area contributed by atoms with Gasteiger partial charge in [0.05, 0.1) is 7.11 Å². The molecule has 2 N–H and O–H groups in total. The summed E-state index contributed by atoms with van der Waals surface area (Å²) in [5.41, 5.74) is 1.27. The molecule has 0 aliphatic heterocycles. The van der Waals surface area contributed by atoms with Gasteiger partial charge in [-0.25, -0.2) is 4.99 Å². The third-order valence-corrected chi connectivity index (χ3v) is 6.23. The molecule has 0 atom stereocenters. The van der Waals surface area contributed by atoms with Gasteiger partial charge < -0.3 is 19.9 Å². The molecule has 1 saturated carbocycles. The van der Waals surface area contributed by atoms with Gasteiger partial charge >= 0.3 is 0 Å². The number of methoxy groups -OCH3 is 1. The molecule has 7 nitrogen and oxygen atoms in total. The summed E-state index contributed by atoms with van der Waals surface area (Å²) in [6, 6.07) is 8.23. The maximum Gasteiger partial charge on any atom is 0.191 e. The zero-order chi connectivity index (χ0) is 21.9. The van der Waals surface area contributed by atoms with Gasteiger partial charge in [0.2, 0.25) is 0 Å². The van der Waals surface area contributed by atoms with E-state index in [0.717, 1.165) is 48.8 Å². The summed E-state index contributed by atoms with van der Waals surface area (Å²) < 4.78 is 7.23. The van der Waals surface area contributed by atoms with E-state index in [1.807, 2.05) is 30.7 Å². The number of guanidine groups is 1. The molecule has 32 heavy (non-hydrogen) atoms. The van der Waals surface area contributed by atoms with Crippen LogP contribution >= 0.6 is 24.0 Å². The Morgan fingerprint density at radius 1 is 1.09 bits per heavy atom. The zero-order valence-corrected chi connectivity index (χ0v) is 22.1. The lowest BCUT2D eigenvalue weighted by molar-refractivity contribution is 0.332. The van der Waals surface area contributed by atoms with Crippen molar-refractivity contribution in [2.24, 2.45) is 18.0 Å². The molecule has 1 aliphatic carbocycles. The summed E-state index contributed by atoms with van der Waals surface area (Å²) in [6.45, 7) is 4.23. The van der Waals surface area contributed by atoms with E-state index in [1.165, 1.54) is 50.5 Å². The number of aryl methyl sites for hydroxylation is 1. The number of halogens is 1. The van der Waals surface area contributed by atoms with Crippen molar-refractivity contribution in [1.29, 1.82) is 0 Å². The molecule has 1 fully saturated rings. The fourth-order valence-corrected chi connectivity index (χ4v) is 4.10. The average Bonchev–Trinajstić information content (AvgIpc) is 3.13. The van der Waals surface area contributed by atoms with Gasteiger partial charge in [0.15, 0.2) is 11.8 Å². The number of hydrogen-bond donors (Lipinski definition) is 2. The molecule has 0 radical (unpaired) electrons. The molecule has 178 valence electrons. The van der Waals surface area contributed by atoms with Crippen LogP contribution in [0.25, 0.3) is 0 Å². The molecule has 1 aromatic heterocycles. The Hall–Kier alpha value is -1.84. The third kappa shape index (κ3) is 8.60. The topological polar surface area (TPSA) is 76.4 Å². The molecule has 1 heterocycles. The highest BCUT2D eigenvalue weighted by atomic mass is 127. The number of aliphatic imine (C=N–C) groups is 1. The van der Waals surface area contributed by atoms with E-state index >= 15 is 0 Å². The first-order chi connectivity index (χ1) is 15.2. The molecule has 0 amide bonds. The van der Waals surface area contributed by atoms with E-state index < -0.39 is 0 Å². The van der Waals surface area contributed by atoms with Crippen LogP contribution in [0, 0.1) is 12.8 Å². The lowest BCUT2D eigenvalue weighted by atomic mass is 9.86. The van der Waals surface area contributed by atoms with Gasteiger partial charge in [-0.1, -0.05) is 44.2 Å². The van der Waals surface area contributed by atoms with Gasteiger partial charge in [0.1, 0.15) is 18.1 Å². The molecule has 0 saturated heterocycles. The van der Waals surface area contributed by atoms with Gasteiger partial charge in [-0.05, 0) is 49.8 Å². The summed E-state index contributed by atoms with van der Waals surface area (Å²) in [4.78, 5) is 4.76. The highest BCUT2D eigenvalue weighted by Crippen LogP contribution is 2.26. The third-order valence-electron chi connectivity index (χ3n) is 6.23. The van der Waals surface area contributed by atoms with Crippen LogP contribution in [-0.2, 0) is 20.0 Å². The summed E-state index contributed by atoms with van der Waals surface area (Å²) in [5.74, 6) is 4.42. The van der Waals surface area contributed by atoms with Crippen LogP contribution in [0.1, 0.15) is 62.2 Å². The minimum Gasteiger partial charge on any atom is -0.497 e. The highest BCUT2D eigenvalue weighted by molar-refractivity contribution is 14.0. The van der Waals surface area contributed by atoms with Crippen LogP contribution in [0.2, 0.25) is 0 Å². The van der Waals surface area contributed by atoms with Crippen molar-refractivity contribution < 1.29 is 4.74 Å². The second-order valence-electron chi connectivity index (χ2n) is 8.49. The van der Waals surface area contributed by atoms with Crippen molar-refractivity contribution in [3.63, 3.8) is 0 Å². The molecule has 0 unspecified atom stereocenters. The Morgan fingerprint density at radius 3 is 2.47 bits per heavy atom. The van der Waals surface area contributed by atoms with E-state index in [1.54, 1.807) is 7.11 Å². The molecule has 0 bridgehead atoms. The van der Waals surface area contributed by atoms with Crippen molar-refractivity contribution in [1.82, 2.24) is 25.4 Å². The maximum atomic E-state index is 5.24. The fraction of sp³-hybridized carbons (Fsp3) is 0.625. The summed E-state index contributed by atoms with van der Waals surface area (Å²) >= 11 is 0. The standard InChI is InChI=1S/C24H38N6O.HI/c1-19-28-29-23(30(19)2)18-27-24(25-16-7-10-20-8-5-4-6-9-20)26-17-15-21-11-13-22(31-3)14-12-21;/h11-14,20H,4-10,15-18H2,1-3H3,(H2,25,26,27);1H. The van der Waals surface area contributed by atoms with Crippen LogP contribution in [-0.4, -0.2) is 40.9 Å². The van der Waals surface area contributed by atoms with E-state index in [0.29, 0.717) is 6.54 Å². The van der Waals surface area contributed by atoms with Crippen LogP contribution in [0.15, 0.2) is 29.3 Å². The SMILES string of the molecule is COc1ccc(CCNC(=NCc2nnc(C)n2C)NCCCC2CCCCC2)cc1.I. The van der Waals surface area contributed by atoms with Gasteiger partial charge in [0.25, 0.3) is 0 Å². The Morgan fingerprint density at radius 2 is 1.81 bits per heavy atom. The van der Waals surface area contributed by atoms with Crippen molar-refractivity contribution in [3.05, 3.63) is 41.5 Å². The molecule has 2 aromatic rings. The lowest BCUT2D eigenvalue weighted by Gasteiger charge is -2.21. The number of benzene rings is 1. The zero-order valence-electron chi connectivity index (χ0n) is 19.8. The van der Waals surface area contributed by atoms with Crippen LogP contribution in [0.4, 0.5) is 0 Å². The van der Waals surface area contributed by atoms with Gasteiger partial charge in [-0.15, -0.1) is 34.2 Å². The number of rotatable bonds is 10. The van der Waals surface area contributed by atoms with Gasteiger partial charge in [-0.3, -0.25) is 0 Å². The first-order valence-corrected chi connectivity index (χ1v) is 11.7. The number of nitrogens with one attached hydrogen (secondary N) is 2. The van der Waals surface area contributed by atoms with Crippen LogP contribution < -0.4 is 15.4 Å². The summed E-state index contributed by atoms with van der Waals surface area (Å²) in [7, 11) is 3.67. The molecular weight excluding hydrogens is 515 g/mol. The quantitative estimate of drug-likeness (QED) is 0.197. The van der Waals surface area contributed by atoms with Crippen molar-refractivity contribution in [2.45, 2.75) is 64.8 Å². The second kappa shape index (κ2) is 14.3. The predicted molar refractivity (Wildman–Crippen MR) is 141 cm³/mol. The van der Waals surface area contributed by atoms with E-state index in [9.17, 15) is 0 Å². The van der Waals surface area contributed by atoms with E-state index in [4.69, 9.17) is 9.73 Å². The fourth-order valence-electron chi connectivity index (χ4n) is 4.10. The van der Waals surface area contributed by atoms with E-state index in [-0.39, 0.29) is 24.0 Å². The monoisotopic (exact) mass is 554 g/mol. The van der Waals surface area contributed by atoms with Crippen LogP contribution in [0.3, 0.4) is 0 Å². The van der Waals surface area contributed by atoms with E-state index in [2.05, 4.69) is 33.0 Å². The predicted octanol–water partition coefficient (Wildman–Crippen LogP) is 4.39. The second-order valence-corrected chi connectivity index (χ2v) is 8.49. The van der Waals surface area contributed by atoms with Crippen LogP contribution in [0.5, 0.6) is 5.75 Å². The Balaban J connectivity index is 0.00000363. The van der Waals surface area contributed by atoms with Gasteiger partial charge in [-0.2, -0.15) is 0 Å². The number of aromatic nitrogens is 3. The molecule has 8 heteroatoms. The van der Waals surface area contributed by atoms with Crippen molar-refractivity contribution in [2.75, 3.05) is 20.2 Å². The van der Waals surface area contributed by atoms with Crippen molar-refractivity contribution >= 4 is 29.9 Å². The molecule has 3 rings (SSSR count). The Kier molecular flexibility index (Phi) is 11.8. The number of hydrogen-bond acceptors (Lipinski definition) is 4. The molecule has 0 spiro atoms. The summed E-state index contributed by atoms with van der Waals surface area (Å²) in [5, 5.41) is 15.4. The molecule has 1 aliphatic rings. The largest absolute Gasteiger partial charge is 0.497 e. The first kappa shape index (κ1) is 26.4. The first-order valence-electron chi connectivity index (χ1n) is 11.7. The number of nitrogens with zero attached hydrogens (tertiary/aromatic N) is 4. The Bertz CT molecular complexity index is 814. The maximum absolute atomic E-state index is 5.24. The average molecular weight is 555 g/mol. The lowest BCUT2D eigenvalue weighted by Crippen LogP contribution is -2.39. The Labute approximate surface area is 209 Å². The molecular formula is C24H39IN6O. The smallest absolute Gasteiger partial charge is 0.191 e. The normalized spacial score (nSPS) is 14.7. The van der Waals surface area contributed by atoms with Gasteiger partial charge in [0, 0.05) is 20.1 Å².